The van der Waals surface area contributed by atoms with Crippen molar-refractivity contribution in [2.24, 2.45) is 0 Å². The highest BCUT2D eigenvalue weighted by atomic mass is 127. The number of nitrogens with zero attached hydrogens (tertiary/aromatic N) is 1. The smallest absolute Gasteiger partial charge is 0.357 e. The quantitative estimate of drug-likeness (QED) is 0.619. The Bertz CT molecular complexity index is 396. The fourth-order valence-corrected chi connectivity index (χ4v) is 1.48. The molecule has 0 bridgehead atoms. The molecule has 82 valence electrons. The third kappa shape index (κ3) is 2.61. The predicted molar refractivity (Wildman–Crippen MR) is 58.0 cm³/mol. The number of carbonyl (C=O) groups excluding carboxylic acids is 1. The number of carbonyl (C=O) groups is 1. The zero-order valence-corrected chi connectivity index (χ0v) is 10.2. The molecule has 6 heteroatoms. The van der Waals surface area contributed by atoms with Crippen molar-refractivity contribution < 1.29 is 18.3 Å². The number of esters is 1. The number of rotatable bonds is 2. The Hall–Kier alpha value is -0.790. The van der Waals surface area contributed by atoms with Gasteiger partial charge in [0.2, 0.25) is 0 Å². The van der Waals surface area contributed by atoms with Crippen LogP contribution in [0.4, 0.5) is 8.78 Å². The van der Waals surface area contributed by atoms with Gasteiger partial charge in [-0.3, -0.25) is 0 Å². The van der Waals surface area contributed by atoms with Crippen LogP contribution in [0.5, 0.6) is 0 Å². The first-order valence-electron chi connectivity index (χ1n) is 4.01. The molecule has 0 atom stereocenters. The summed E-state index contributed by atoms with van der Waals surface area (Å²) in [5, 5.41) is 0. The Morgan fingerprint density at radius 3 is 2.67 bits per heavy atom. The van der Waals surface area contributed by atoms with Crippen molar-refractivity contribution in [3.05, 3.63) is 26.6 Å². The molecule has 15 heavy (non-hydrogen) atoms. The third-order valence-electron chi connectivity index (χ3n) is 1.79. The molecule has 0 aliphatic heterocycles. The van der Waals surface area contributed by atoms with E-state index in [1.807, 2.05) is 22.6 Å². The second-order valence-corrected chi connectivity index (χ2v) is 3.95. The lowest BCUT2D eigenvalue weighted by Gasteiger charge is -2.08. The van der Waals surface area contributed by atoms with Gasteiger partial charge in [-0.15, -0.1) is 0 Å². The van der Waals surface area contributed by atoms with Gasteiger partial charge in [-0.25, -0.2) is 18.6 Å². The van der Waals surface area contributed by atoms with Crippen molar-refractivity contribution in [3.8, 4) is 0 Å². The fourth-order valence-electron chi connectivity index (χ4n) is 1.02. The molecule has 0 aliphatic carbocycles. The van der Waals surface area contributed by atoms with Crippen molar-refractivity contribution in [1.82, 2.24) is 4.98 Å². The summed E-state index contributed by atoms with van der Waals surface area (Å²) >= 11 is 1.89. The molecule has 0 fully saturated rings. The molecule has 0 unspecified atom stereocenters. The molecule has 0 spiro atoms. The summed E-state index contributed by atoms with van der Waals surface area (Å²) in [5.74, 6) is -0.843. The highest BCUT2D eigenvalue weighted by Gasteiger charge is 2.21. The van der Waals surface area contributed by atoms with Crippen molar-refractivity contribution in [1.29, 1.82) is 0 Å². The van der Waals surface area contributed by atoms with Gasteiger partial charge in [0.1, 0.15) is 0 Å². The topological polar surface area (TPSA) is 39.2 Å². The maximum Gasteiger partial charge on any atom is 0.357 e. The summed E-state index contributed by atoms with van der Waals surface area (Å²) in [6.45, 7) is 1.64. The van der Waals surface area contributed by atoms with Gasteiger partial charge in [0.05, 0.1) is 18.4 Å². The van der Waals surface area contributed by atoms with E-state index in [0.717, 1.165) is 7.11 Å². The van der Waals surface area contributed by atoms with E-state index in [0.29, 0.717) is 9.26 Å². The zero-order valence-electron chi connectivity index (χ0n) is 8.05. The maximum absolute atomic E-state index is 12.6. The van der Waals surface area contributed by atoms with Crippen molar-refractivity contribution in [2.45, 2.75) is 13.3 Å². The minimum absolute atomic E-state index is 0.314. The molecule has 3 nitrogen and oxygen atoms in total. The maximum atomic E-state index is 12.6. The molecule has 0 saturated heterocycles. The average molecular weight is 327 g/mol. The summed E-state index contributed by atoms with van der Waals surface area (Å²) in [6.07, 6.45) is -2.74. The Morgan fingerprint density at radius 1 is 1.60 bits per heavy atom. The summed E-state index contributed by atoms with van der Waals surface area (Å²) in [6, 6.07) is 1.25. The van der Waals surface area contributed by atoms with Crippen LogP contribution in [0.1, 0.15) is 28.2 Å². The normalized spacial score (nSPS) is 10.5. The van der Waals surface area contributed by atoms with Crippen LogP contribution < -0.4 is 0 Å². The largest absolute Gasteiger partial charge is 0.464 e. The first-order valence-corrected chi connectivity index (χ1v) is 5.08. The molecule has 1 aromatic rings. The standard InChI is InChI=1S/C9H8F2INO2/c1-4-6(12)3-5(8(10)11)7(13-4)9(14)15-2/h3,8H,1-2H3. The van der Waals surface area contributed by atoms with E-state index in [1.54, 1.807) is 6.92 Å². The number of halogens is 3. The number of ether oxygens (including phenoxy) is 1. The van der Waals surface area contributed by atoms with Crippen molar-refractivity contribution in [2.75, 3.05) is 7.11 Å². The molecular weight excluding hydrogens is 319 g/mol. The lowest BCUT2D eigenvalue weighted by atomic mass is 10.2. The van der Waals surface area contributed by atoms with Crippen LogP contribution in [0.25, 0.3) is 0 Å². The number of alkyl halides is 2. The summed E-state index contributed by atoms with van der Waals surface area (Å²) in [7, 11) is 1.13. The van der Waals surface area contributed by atoms with E-state index in [4.69, 9.17) is 0 Å². The molecule has 0 aromatic carbocycles. The van der Waals surface area contributed by atoms with Crippen LogP contribution in [-0.2, 0) is 4.74 Å². The highest BCUT2D eigenvalue weighted by molar-refractivity contribution is 14.1. The number of hydrogen-bond acceptors (Lipinski definition) is 3. The van der Waals surface area contributed by atoms with Gasteiger partial charge in [-0.05, 0) is 35.6 Å². The summed E-state index contributed by atoms with van der Waals surface area (Å²) in [5.41, 5.74) is -0.178. The van der Waals surface area contributed by atoms with E-state index < -0.39 is 18.0 Å². The Balaban J connectivity index is 3.34. The van der Waals surface area contributed by atoms with Gasteiger partial charge in [0, 0.05) is 3.57 Å². The number of aromatic nitrogens is 1. The van der Waals surface area contributed by atoms with Crippen LogP contribution in [0, 0.1) is 10.5 Å². The third-order valence-corrected chi connectivity index (χ3v) is 2.89. The molecule has 0 amide bonds. The number of hydrogen-bond donors (Lipinski definition) is 0. The van der Waals surface area contributed by atoms with Crippen LogP contribution in [-0.4, -0.2) is 18.1 Å². The number of pyridine rings is 1. The van der Waals surface area contributed by atoms with Gasteiger partial charge < -0.3 is 4.74 Å². The van der Waals surface area contributed by atoms with Crippen LogP contribution >= 0.6 is 22.6 Å². The molecule has 1 rings (SSSR count). The molecule has 1 heterocycles. The van der Waals surface area contributed by atoms with Crippen LogP contribution in [0.3, 0.4) is 0 Å². The molecule has 1 aromatic heterocycles. The lowest BCUT2D eigenvalue weighted by molar-refractivity contribution is 0.0581. The summed E-state index contributed by atoms with van der Waals surface area (Å²) < 4.78 is 30.1. The van der Waals surface area contributed by atoms with Crippen LogP contribution in [0.15, 0.2) is 6.07 Å². The minimum Gasteiger partial charge on any atom is -0.464 e. The molecular formula is C9H8F2INO2. The molecule has 0 N–H and O–H groups in total. The van der Waals surface area contributed by atoms with Gasteiger partial charge in [-0.1, -0.05) is 0 Å². The highest BCUT2D eigenvalue weighted by Crippen LogP contribution is 2.25. The van der Waals surface area contributed by atoms with Gasteiger partial charge in [0.25, 0.3) is 6.43 Å². The van der Waals surface area contributed by atoms with Crippen molar-refractivity contribution >= 4 is 28.6 Å². The van der Waals surface area contributed by atoms with E-state index in [1.165, 1.54) is 6.07 Å². The van der Waals surface area contributed by atoms with Gasteiger partial charge in [0.15, 0.2) is 5.69 Å². The minimum atomic E-state index is -2.74. The Labute approximate surface area is 99.0 Å². The van der Waals surface area contributed by atoms with Gasteiger partial charge >= 0.3 is 5.97 Å². The Kier molecular flexibility index (Phi) is 3.95. The van der Waals surface area contributed by atoms with E-state index in [2.05, 4.69) is 9.72 Å². The first kappa shape index (κ1) is 12.3. The number of methoxy groups -OCH3 is 1. The van der Waals surface area contributed by atoms with E-state index in [-0.39, 0.29) is 5.69 Å². The summed E-state index contributed by atoms with van der Waals surface area (Å²) in [4.78, 5) is 15.0. The fraction of sp³-hybridized carbons (Fsp3) is 0.333. The number of aryl methyl sites for hydroxylation is 1. The van der Waals surface area contributed by atoms with Gasteiger partial charge in [-0.2, -0.15) is 0 Å². The van der Waals surface area contributed by atoms with E-state index in [9.17, 15) is 13.6 Å². The SMILES string of the molecule is COC(=O)c1nc(C)c(I)cc1C(F)F. The Morgan fingerprint density at radius 2 is 2.20 bits per heavy atom. The predicted octanol–water partition coefficient (Wildman–Crippen LogP) is 2.72. The van der Waals surface area contributed by atoms with Crippen molar-refractivity contribution in [3.63, 3.8) is 0 Å². The monoisotopic (exact) mass is 327 g/mol. The second-order valence-electron chi connectivity index (χ2n) is 2.79. The molecule has 0 radical (unpaired) electrons. The molecule has 0 aliphatic rings. The second kappa shape index (κ2) is 4.82. The van der Waals surface area contributed by atoms with E-state index >= 15 is 0 Å². The lowest BCUT2D eigenvalue weighted by Crippen LogP contribution is -2.11. The first-order chi connectivity index (χ1) is 6.97. The molecule has 0 saturated carbocycles. The van der Waals surface area contributed by atoms with Crippen LogP contribution in [0.2, 0.25) is 0 Å². The zero-order chi connectivity index (χ0) is 11.6. The average Bonchev–Trinajstić information content (AvgIpc) is 2.20.